The van der Waals surface area contributed by atoms with Gasteiger partial charge in [-0.15, -0.1) is 0 Å². The number of nitrogens with zero attached hydrogens (tertiary/aromatic N) is 1. The summed E-state index contributed by atoms with van der Waals surface area (Å²) < 4.78 is 16.9. The van der Waals surface area contributed by atoms with E-state index in [0.717, 1.165) is 43.4 Å². The van der Waals surface area contributed by atoms with Gasteiger partial charge in [-0.25, -0.2) is 0 Å². The summed E-state index contributed by atoms with van der Waals surface area (Å²) in [5.74, 6) is 3.19. The highest BCUT2D eigenvalue weighted by atomic mass is 16.5. The Morgan fingerprint density at radius 2 is 1.54 bits per heavy atom. The molecule has 24 heavy (non-hydrogen) atoms. The second-order valence-electron chi connectivity index (χ2n) is 6.72. The first-order valence-electron chi connectivity index (χ1n) is 9.03. The molecule has 1 atom stereocenters. The number of ether oxygens (including phenoxy) is 3. The molecule has 0 amide bonds. The maximum Gasteiger partial charge on any atom is 0.131 e. The number of nitrogens with one attached hydrogen (secondary N) is 1. The highest BCUT2D eigenvalue weighted by Gasteiger charge is 2.36. The van der Waals surface area contributed by atoms with Crippen LogP contribution in [0.5, 0.6) is 17.2 Å². The molecule has 3 rings (SSSR count). The van der Waals surface area contributed by atoms with E-state index in [1.165, 1.54) is 31.2 Å². The number of hydrogen-bond donors (Lipinski definition) is 1. The van der Waals surface area contributed by atoms with Gasteiger partial charge >= 0.3 is 0 Å². The van der Waals surface area contributed by atoms with Crippen LogP contribution < -0.4 is 19.5 Å². The Labute approximate surface area is 145 Å². The lowest BCUT2D eigenvalue weighted by Crippen LogP contribution is -2.46. The molecule has 2 aliphatic rings. The maximum atomic E-state index is 5.76. The van der Waals surface area contributed by atoms with Crippen LogP contribution in [-0.2, 0) is 0 Å². The van der Waals surface area contributed by atoms with E-state index in [4.69, 9.17) is 14.2 Å². The molecule has 1 aliphatic carbocycles. The van der Waals surface area contributed by atoms with Crippen LogP contribution in [0.2, 0.25) is 0 Å². The smallest absolute Gasteiger partial charge is 0.131 e. The third-order valence-electron chi connectivity index (χ3n) is 5.44. The van der Waals surface area contributed by atoms with E-state index in [9.17, 15) is 0 Å². The fourth-order valence-corrected chi connectivity index (χ4v) is 4.27. The first kappa shape index (κ1) is 17.4. The first-order valence-corrected chi connectivity index (χ1v) is 9.03. The number of piperazine rings is 1. The van der Waals surface area contributed by atoms with Gasteiger partial charge in [0.15, 0.2) is 0 Å². The van der Waals surface area contributed by atoms with Crippen molar-refractivity contribution in [3.63, 3.8) is 0 Å². The van der Waals surface area contributed by atoms with Crippen molar-refractivity contribution in [3.8, 4) is 17.2 Å². The Morgan fingerprint density at radius 1 is 0.958 bits per heavy atom. The summed E-state index contributed by atoms with van der Waals surface area (Å²) in [5, 5.41) is 3.46. The molecular formula is C19H30N2O3. The van der Waals surface area contributed by atoms with Gasteiger partial charge in [0.2, 0.25) is 0 Å². The van der Waals surface area contributed by atoms with Gasteiger partial charge in [0.25, 0.3) is 0 Å². The molecule has 5 nitrogen and oxygen atoms in total. The molecule has 0 aromatic heterocycles. The minimum Gasteiger partial charge on any atom is -0.496 e. The normalized spacial score (nSPS) is 20.8. The summed E-state index contributed by atoms with van der Waals surface area (Å²) in [6, 6.07) is 4.33. The summed E-state index contributed by atoms with van der Waals surface area (Å²) in [4.78, 5) is 2.61. The molecule has 1 saturated heterocycles. The van der Waals surface area contributed by atoms with E-state index in [1.807, 2.05) is 12.1 Å². The van der Waals surface area contributed by atoms with E-state index in [0.29, 0.717) is 12.0 Å². The second kappa shape index (κ2) is 8.08. The quantitative estimate of drug-likeness (QED) is 0.866. The molecule has 1 N–H and O–H groups in total. The fraction of sp³-hybridized carbons (Fsp3) is 0.684. The molecular weight excluding hydrogens is 304 g/mol. The lowest BCUT2D eigenvalue weighted by atomic mass is 9.88. The van der Waals surface area contributed by atoms with Gasteiger partial charge in [0.1, 0.15) is 17.2 Å². The molecule has 1 saturated carbocycles. The van der Waals surface area contributed by atoms with Crippen molar-refractivity contribution in [2.24, 2.45) is 5.92 Å². The summed E-state index contributed by atoms with van der Waals surface area (Å²) in [5.41, 5.74) is 1.19. The summed E-state index contributed by atoms with van der Waals surface area (Å²) in [6.07, 6.45) is 5.22. The van der Waals surface area contributed by atoms with Gasteiger partial charge in [-0.1, -0.05) is 12.8 Å². The Hall–Kier alpha value is -1.46. The van der Waals surface area contributed by atoms with Crippen LogP contribution in [0.4, 0.5) is 0 Å². The summed E-state index contributed by atoms with van der Waals surface area (Å²) in [7, 11) is 5.15. The van der Waals surface area contributed by atoms with Crippen LogP contribution in [0.15, 0.2) is 12.1 Å². The minimum absolute atomic E-state index is 0.352. The molecule has 1 aromatic carbocycles. The van der Waals surface area contributed by atoms with Crippen molar-refractivity contribution >= 4 is 0 Å². The second-order valence-corrected chi connectivity index (χ2v) is 6.72. The van der Waals surface area contributed by atoms with Gasteiger partial charge in [-0.3, -0.25) is 4.90 Å². The number of rotatable bonds is 6. The number of hydrogen-bond acceptors (Lipinski definition) is 5. The molecule has 0 bridgehead atoms. The molecule has 1 aliphatic heterocycles. The van der Waals surface area contributed by atoms with Crippen molar-refractivity contribution in [3.05, 3.63) is 17.7 Å². The topological polar surface area (TPSA) is 43.0 Å². The van der Waals surface area contributed by atoms with Crippen molar-refractivity contribution in [2.75, 3.05) is 47.5 Å². The van der Waals surface area contributed by atoms with Gasteiger partial charge in [-0.2, -0.15) is 0 Å². The van der Waals surface area contributed by atoms with Crippen LogP contribution in [0, 0.1) is 5.92 Å². The Balaban J connectivity index is 2.05. The Kier molecular flexibility index (Phi) is 5.85. The zero-order chi connectivity index (χ0) is 16.9. The van der Waals surface area contributed by atoms with E-state index >= 15 is 0 Å². The number of benzene rings is 1. The molecule has 134 valence electrons. The summed E-state index contributed by atoms with van der Waals surface area (Å²) >= 11 is 0. The van der Waals surface area contributed by atoms with Gasteiger partial charge in [0, 0.05) is 44.4 Å². The summed E-state index contributed by atoms with van der Waals surface area (Å²) in [6.45, 7) is 4.23. The molecule has 0 spiro atoms. The van der Waals surface area contributed by atoms with Gasteiger partial charge in [0.05, 0.1) is 26.9 Å². The predicted molar refractivity (Wildman–Crippen MR) is 95.2 cm³/mol. The highest BCUT2D eigenvalue weighted by Crippen LogP contribution is 2.47. The average Bonchev–Trinajstić information content (AvgIpc) is 3.17. The Morgan fingerprint density at radius 3 is 2.04 bits per heavy atom. The first-order chi connectivity index (χ1) is 11.8. The monoisotopic (exact) mass is 334 g/mol. The maximum absolute atomic E-state index is 5.76. The zero-order valence-electron chi connectivity index (χ0n) is 15.1. The standard InChI is InChI=1S/C19H30N2O3/c1-22-15-12-16(23-2)18(17(13-15)24-3)19(14-6-4-5-7-14)21-10-8-20-9-11-21/h12-14,19-20H,4-11H2,1-3H3/t19-/m1/s1. The molecule has 0 radical (unpaired) electrons. The highest BCUT2D eigenvalue weighted by molar-refractivity contribution is 5.52. The zero-order valence-corrected chi connectivity index (χ0v) is 15.1. The molecule has 2 fully saturated rings. The Bertz CT molecular complexity index is 512. The third-order valence-corrected chi connectivity index (χ3v) is 5.44. The van der Waals surface area contributed by atoms with Crippen molar-refractivity contribution in [2.45, 2.75) is 31.7 Å². The van der Waals surface area contributed by atoms with Crippen molar-refractivity contribution in [1.29, 1.82) is 0 Å². The SMILES string of the molecule is COc1cc(OC)c([C@@H](C2CCCC2)N2CCNCC2)c(OC)c1. The fourth-order valence-electron chi connectivity index (χ4n) is 4.27. The van der Waals surface area contributed by atoms with Gasteiger partial charge in [-0.05, 0) is 18.8 Å². The number of methoxy groups -OCH3 is 3. The minimum atomic E-state index is 0.352. The van der Waals surface area contributed by atoms with Crippen LogP contribution in [0.3, 0.4) is 0 Å². The van der Waals surface area contributed by atoms with E-state index in [1.54, 1.807) is 21.3 Å². The van der Waals surface area contributed by atoms with Crippen molar-refractivity contribution < 1.29 is 14.2 Å². The van der Waals surface area contributed by atoms with Gasteiger partial charge < -0.3 is 19.5 Å². The lowest BCUT2D eigenvalue weighted by molar-refractivity contribution is 0.120. The van der Waals surface area contributed by atoms with Crippen LogP contribution in [-0.4, -0.2) is 52.4 Å². The van der Waals surface area contributed by atoms with E-state index < -0.39 is 0 Å². The third kappa shape index (κ3) is 3.47. The molecule has 1 heterocycles. The van der Waals surface area contributed by atoms with E-state index in [-0.39, 0.29) is 0 Å². The molecule has 0 unspecified atom stereocenters. The molecule has 1 aromatic rings. The van der Waals surface area contributed by atoms with E-state index in [2.05, 4.69) is 10.2 Å². The van der Waals surface area contributed by atoms with Crippen LogP contribution in [0.1, 0.15) is 37.3 Å². The average molecular weight is 334 g/mol. The van der Waals surface area contributed by atoms with Crippen LogP contribution >= 0.6 is 0 Å². The predicted octanol–water partition coefficient (Wildman–Crippen LogP) is 2.85. The van der Waals surface area contributed by atoms with Crippen molar-refractivity contribution in [1.82, 2.24) is 10.2 Å². The van der Waals surface area contributed by atoms with Crippen LogP contribution in [0.25, 0.3) is 0 Å². The largest absolute Gasteiger partial charge is 0.496 e. The lowest BCUT2D eigenvalue weighted by Gasteiger charge is -2.39. The molecule has 5 heteroatoms.